The van der Waals surface area contributed by atoms with Gasteiger partial charge in [-0.15, -0.1) is 22.9 Å². The summed E-state index contributed by atoms with van der Waals surface area (Å²) in [6, 6.07) is 3.90. The summed E-state index contributed by atoms with van der Waals surface area (Å²) < 4.78 is 28.2. The van der Waals surface area contributed by atoms with Crippen molar-refractivity contribution in [2.45, 2.75) is 55.2 Å². The highest BCUT2D eigenvalue weighted by molar-refractivity contribution is 7.91. The van der Waals surface area contributed by atoms with Gasteiger partial charge in [-0.05, 0) is 50.2 Å². The van der Waals surface area contributed by atoms with Gasteiger partial charge in [-0.25, -0.2) is 8.42 Å². The zero-order chi connectivity index (χ0) is 14.9. The van der Waals surface area contributed by atoms with E-state index < -0.39 is 10.0 Å². The Morgan fingerprint density at radius 1 is 1.19 bits per heavy atom. The summed E-state index contributed by atoms with van der Waals surface area (Å²) in [5.74, 6) is 1.11. The van der Waals surface area contributed by atoms with Crippen LogP contribution in [-0.4, -0.2) is 31.2 Å². The smallest absolute Gasteiger partial charge is 0.206 e. The summed E-state index contributed by atoms with van der Waals surface area (Å²) in [6.45, 7) is 0.687. The highest BCUT2D eigenvalue weighted by Crippen LogP contribution is 2.39. The number of sulfonamides is 1. The Morgan fingerprint density at radius 2 is 1.95 bits per heavy atom. The van der Waals surface area contributed by atoms with Crippen molar-refractivity contribution in [1.29, 1.82) is 0 Å². The molecule has 118 valence electrons. The molecule has 2 atom stereocenters. The molecule has 6 heteroatoms. The van der Waals surface area contributed by atoms with E-state index in [9.17, 15) is 8.42 Å². The van der Waals surface area contributed by atoms with Gasteiger partial charge in [-0.2, -0.15) is 4.31 Å². The Morgan fingerprint density at radius 3 is 2.76 bits per heavy atom. The lowest BCUT2D eigenvalue weighted by Crippen LogP contribution is -2.49. The van der Waals surface area contributed by atoms with E-state index in [-0.39, 0.29) is 6.04 Å². The molecule has 1 aromatic heterocycles. The predicted molar refractivity (Wildman–Crippen MR) is 87.6 cm³/mol. The predicted octanol–water partition coefficient (Wildman–Crippen LogP) is 3.87. The van der Waals surface area contributed by atoms with Crippen LogP contribution in [-0.2, 0) is 16.4 Å². The van der Waals surface area contributed by atoms with Crippen molar-refractivity contribution in [1.82, 2.24) is 4.31 Å². The molecule has 3 rings (SSSR count). The number of halogens is 1. The van der Waals surface area contributed by atoms with Crippen molar-refractivity contribution in [2.24, 2.45) is 5.92 Å². The normalized spacial score (nSPS) is 27.5. The summed E-state index contributed by atoms with van der Waals surface area (Å²) in [7, 11) is -3.32. The van der Waals surface area contributed by atoms with E-state index in [2.05, 4.69) is 0 Å². The number of fused-ring (bicyclic) bond motifs is 1. The molecule has 2 fully saturated rings. The van der Waals surface area contributed by atoms with Crippen molar-refractivity contribution >= 4 is 33.0 Å². The number of aryl methyl sites for hydroxylation is 1. The van der Waals surface area contributed by atoms with E-state index in [4.69, 9.17) is 11.6 Å². The van der Waals surface area contributed by atoms with Gasteiger partial charge in [0.2, 0.25) is 0 Å². The molecule has 1 saturated carbocycles. The van der Waals surface area contributed by atoms with Gasteiger partial charge in [0.15, 0.2) is 0 Å². The maximum atomic E-state index is 13.0. The fraction of sp³-hybridized carbons (Fsp3) is 0.733. The van der Waals surface area contributed by atoms with Gasteiger partial charge in [-0.1, -0.05) is 12.8 Å². The van der Waals surface area contributed by atoms with Crippen LogP contribution in [0.3, 0.4) is 0 Å². The van der Waals surface area contributed by atoms with Gasteiger partial charge in [0.25, 0.3) is 10.0 Å². The molecule has 3 nitrogen and oxygen atoms in total. The van der Waals surface area contributed by atoms with Crippen molar-refractivity contribution in [3.63, 3.8) is 0 Å². The second-order valence-electron chi connectivity index (χ2n) is 6.03. The fourth-order valence-electron chi connectivity index (χ4n) is 3.72. The molecule has 2 aliphatic rings. The van der Waals surface area contributed by atoms with Crippen LogP contribution in [0.1, 0.15) is 43.4 Å². The molecule has 0 bridgehead atoms. The van der Waals surface area contributed by atoms with E-state index in [1.165, 1.54) is 30.6 Å². The SMILES string of the molecule is O=S(=O)(c1ccc(CCCl)s1)N1CCC[C@H]2CCCC[C@H]21. The standard InChI is InChI=1S/C15H22ClNO2S2/c16-10-9-13-7-8-15(20-13)21(18,19)17-11-3-5-12-4-1-2-6-14(12)17/h7-8,12,14H,1-6,9-11H2/t12-,14-/m1/s1. The highest BCUT2D eigenvalue weighted by Gasteiger charge is 2.40. The molecule has 1 aliphatic carbocycles. The summed E-state index contributed by atoms with van der Waals surface area (Å²) in [4.78, 5) is 1.06. The molecular formula is C15H22ClNO2S2. The van der Waals surface area contributed by atoms with Crippen LogP contribution in [0.25, 0.3) is 0 Å². The molecular weight excluding hydrogens is 326 g/mol. The average Bonchev–Trinajstić information content (AvgIpc) is 2.96. The molecule has 1 aromatic rings. The van der Waals surface area contributed by atoms with Crippen molar-refractivity contribution in [2.75, 3.05) is 12.4 Å². The van der Waals surface area contributed by atoms with Crippen molar-refractivity contribution < 1.29 is 8.42 Å². The summed E-state index contributed by atoms with van der Waals surface area (Å²) >= 11 is 7.13. The third kappa shape index (κ3) is 3.16. The Labute approximate surface area is 136 Å². The van der Waals surface area contributed by atoms with Crippen molar-refractivity contribution in [3.05, 3.63) is 17.0 Å². The largest absolute Gasteiger partial charge is 0.252 e. The van der Waals surface area contributed by atoms with E-state index in [0.29, 0.717) is 22.6 Å². The van der Waals surface area contributed by atoms with E-state index in [1.54, 1.807) is 10.4 Å². The third-order valence-corrected chi connectivity index (χ3v) is 8.46. The van der Waals surface area contributed by atoms with Crippen LogP contribution in [0.5, 0.6) is 0 Å². The van der Waals surface area contributed by atoms with Crippen molar-refractivity contribution in [3.8, 4) is 0 Å². The molecule has 2 heterocycles. The molecule has 0 aromatic carbocycles. The maximum Gasteiger partial charge on any atom is 0.252 e. The topological polar surface area (TPSA) is 37.4 Å². The van der Waals surface area contributed by atoms with E-state index in [0.717, 1.165) is 30.6 Å². The highest BCUT2D eigenvalue weighted by atomic mass is 35.5. The molecule has 0 spiro atoms. The lowest BCUT2D eigenvalue weighted by atomic mass is 9.79. The van der Waals surface area contributed by atoms with Gasteiger partial charge >= 0.3 is 0 Å². The monoisotopic (exact) mass is 347 g/mol. The second kappa shape index (κ2) is 6.57. The first-order valence-corrected chi connectivity index (χ1v) is 10.6. The minimum atomic E-state index is -3.32. The molecule has 0 N–H and O–H groups in total. The summed E-state index contributed by atoms with van der Waals surface area (Å²) in [5.41, 5.74) is 0. The van der Waals surface area contributed by atoms with Crippen LogP contribution >= 0.6 is 22.9 Å². The van der Waals surface area contributed by atoms with Crippen LogP contribution in [0, 0.1) is 5.92 Å². The van der Waals surface area contributed by atoms with E-state index >= 15 is 0 Å². The Kier molecular flexibility index (Phi) is 4.94. The first kappa shape index (κ1) is 15.8. The number of rotatable bonds is 4. The zero-order valence-electron chi connectivity index (χ0n) is 12.1. The third-order valence-electron chi connectivity index (χ3n) is 4.73. The molecule has 0 radical (unpaired) electrons. The van der Waals surface area contributed by atoms with Crippen LogP contribution in [0.2, 0.25) is 0 Å². The Balaban J connectivity index is 1.85. The first-order chi connectivity index (χ1) is 10.1. The lowest BCUT2D eigenvalue weighted by Gasteiger charge is -2.42. The number of nitrogens with zero attached hydrogens (tertiary/aromatic N) is 1. The summed E-state index contributed by atoms with van der Waals surface area (Å²) in [6.07, 6.45) is 7.58. The van der Waals surface area contributed by atoms with Crippen LogP contribution < -0.4 is 0 Å². The number of hydrogen-bond donors (Lipinski definition) is 0. The van der Waals surface area contributed by atoms with E-state index in [1.807, 2.05) is 6.07 Å². The average molecular weight is 348 g/mol. The van der Waals surface area contributed by atoms with Crippen LogP contribution in [0.4, 0.5) is 0 Å². The molecule has 21 heavy (non-hydrogen) atoms. The zero-order valence-corrected chi connectivity index (χ0v) is 14.5. The van der Waals surface area contributed by atoms with Gasteiger partial charge in [0, 0.05) is 23.3 Å². The van der Waals surface area contributed by atoms with Gasteiger partial charge in [-0.3, -0.25) is 0 Å². The number of hydrogen-bond acceptors (Lipinski definition) is 3. The summed E-state index contributed by atoms with van der Waals surface area (Å²) in [5, 5.41) is 0. The van der Waals surface area contributed by atoms with Gasteiger partial charge in [0.1, 0.15) is 4.21 Å². The minimum absolute atomic E-state index is 0.232. The number of thiophene rings is 1. The number of piperidine rings is 1. The molecule has 0 amide bonds. The molecule has 1 saturated heterocycles. The Bertz CT molecular complexity index is 582. The number of alkyl halides is 1. The molecule has 1 aliphatic heterocycles. The quantitative estimate of drug-likeness (QED) is 0.775. The second-order valence-corrected chi connectivity index (χ2v) is 9.69. The first-order valence-electron chi connectivity index (χ1n) is 7.79. The lowest BCUT2D eigenvalue weighted by molar-refractivity contribution is 0.129. The molecule has 0 unspecified atom stereocenters. The maximum absolute atomic E-state index is 13.0. The minimum Gasteiger partial charge on any atom is -0.206 e. The fourth-order valence-corrected chi connectivity index (χ4v) is 7.27. The van der Waals surface area contributed by atoms with Crippen LogP contribution in [0.15, 0.2) is 16.3 Å². The van der Waals surface area contributed by atoms with Gasteiger partial charge < -0.3 is 0 Å². The van der Waals surface area contributed by atoms with Gasteiger partial charge in [0.05, 0.1) is 0 Å². The Hall–Kier alpha value is -0.100.